The molecule has 13 heavy (non-hydrogen) atoms. The highest BCUT2D eigenvalue weighted by atomic mass is 19.1. The maximum absolute atomic E-state index is 12.8. The lowest BCUT2D eigenvalue weighted by molar-refractivity contribution is 0.137. The molecule has 2 rings (SSSR count). The summed E-state index contributed by atoms with van der Waals surface area (Å²) in [5, 5.41) is 3.37. The molecular weight excluding hydrogens is 167 g/mol. The molecule has 3 heteroatoms. The van der Waals surface area contributed by atoms with Crippen LogP contribution in [0.4, 0.5) is 4.39 Å². The van der Waals surface area contributed by atoms with Crippen LogP contribution < -0.4 is 5.32 Å². The predicted molar refractivity (Wildman–Crippen MR) is 51.5 cm³/mol. The molecule has 2 heterocycles. The zero-order valence-electron chi connectivity index (χ0n) is 8.14. The van der Waals surface area contributed by atoms with E-state index in [1.54, 1.807) is 0 Å². The number of nitrogens with one attached hydrogen (secondary N) is 1. The number of likely N-dealkylation sites (tertiary alicyclic amines) is 1. The van der Waals surface area contributed by atoms with Gasteiger partial charge in [0.2, 0.25) is 0 Å². The van der Waals surface area contributed by atoms with Gasteiger partial charge in [0.15, 0.2) is 0 Å². The smallest absolute Gasteiger partial charge is 0.103 e. The molecule has 1 atom stereocenters. The molecule has 0 radical (unpaired) electrons. The number of rotatable bonds is 2. The minimum Gasteiger partial charge on any atom is -0.316 e. The Morgan fingerprint density at radius 2 is 2.00 bits per heavy atom. The van der Waals surface area contributed by atoms with Crippen LogP contribution >= 0.6 is 0 Å². The second-order valence-electron chi connectivity index (χ2n) is 4.33. The van der Waals surface area contributed by atoms with Crippen molar-refractivity contribution in [3.8, 4) is 0 Å². The SMILES string of the molecule is FC1CCN(CC2CCNC2)CC1. The Hall–Kier alpha value is -0.150. The minimum absolute atomic E-state index is 0.530. The molecule has 1 N–H and O–H groups in total. The zero-order chi connectivity index (χ0) is 9.10. The van der Waals surface area contributed by atoms with Gasteiger partial charge in [-0.3, -0.25) is 0 Å². The van der Waals surface area contributed by atoms with E-state index in [-0.39, 0.29) is 0 Å². The van der Waals surface area contributed by atoms with Crippen LogP contribution in [-0.2, 0) is 0 Å². The van der Waals surface area contributed by atoms with Crippen LogP contribution in [-0.4, -0.2) is 43.8 Å². The van der Waals surface area contributed by atoms with Crippen LogP contribution in [0.2, 0.25) is 0 Å². The van der Waals surface area contributed by atoms with Crippen molar-refractivity contribution in [2.45, 2.75) is 25.4 Å². The fourth-order valence-corrected chi connectivity index (χ4v) is 2.32. The van der Waals surface area contributed by atoms with E-state index < -0.39 is 6.17 Å². The maximum atomic E-state index is 12.8. The van der Waals surface area contributed by atoms with Gasteiger partial charge >= 0.3 is 0 Å². The number of piperidine rings is 1. The van der Waals surface area contributed by atoms with E-state index in [2.05, 4.69) is 10.2 Å². The summed E-state index contributed by atoms with van der Waals surface area (Å²) in [7, 11) is 0. The molecule has 0 aromatic heterocycles. The van der Waals surface area contributed by atoms with Gasteiger partial charge in [-0.1, -0.05) is 0 Å². The van der Waals surface area contributed by atoms with Crippen molar-refractivity contribution in [3.05, 3.63) is 0 Å². The molecular formula is C10H19FN2. The fraction of sp³-hybridized carbons (Fsp3) is 1.00. The first-order valence-corrected chi connectivity index (χ1v) is 5.42. The molecule has 0 saturated carbocycles. The van der Waals surface area contributed by atoms with Gasteiger partial charge in [-0.05, 0) is 38.3 Å². The zero-order valence-corrected chi connectivity index (χ0v) is 8.14. The number of hydrogen-bond acceptors (Lipinski definition) is 2. The van der Waals surface area contributed by atoms with Crippen molar-refractivity contribution in [1.82, 2.24) is 10.2 Å². The van der Waals surface area contributed by atoms with Gasteiger partial charge in [0.1, 0.15) is 6.17 Å². The van der Waals surface area contributed by atoms with E-state index >= 15 is 0 Å². The highest BCUT2D eigenvalue weighted by Crippen LogP contribution is 2.16. The predicted octanol–water partition coefficient (Wildman–Crippen LogP) is 1.03. The summed E-state index contributed by atoms with van der Waals surface area (Å²) >= 11 is 0. The Bertz CT molecular complexity index is 149. The first kappa shape index (κ1) is 9.41. The third-order valence-corrected chi connectivity index (χ3v) is 3.20. The van der Waals surface area contributed by atoms with Crippen LogP contribution in [0.15, 0.2) is 0 Å². The van der Waals surface area contributed by atoms with E-state index in [1.807, 2.05) is 0 Å². The Labute approximate surface area is 79.5 Å². The van der Waals surface area contributed by atoms with Gasteiger partial charge in [0, 0.05) is 19.6 Å². The molecule has 2 aliphatic heterocycles. The Morgan fingerprint density at radius 3 is 2.62 bits per heavy atom. The molecule has 0 bridgehead atoms. The summed E-state index contributed by atoms with van der Waals surface area (Å²) in [5.41, 5.74) is 0. The molecule has 0 amide bonds. The molecule has 2 saturated heterocycles. The van der Waals surface area contributed by atoms with Gasteiger partial charge in [-0.2, -0.15) is 0 Å². The quantitative estimate of drug-likeness (QED) is 0.693. The van der Waals surface area contributed by atoms with Crippen LogP contribution in [0.1, 0.15) is 19.3 Å². The first-order chi connectivity index (χ1) is 6.34. The Kier molecular flexibility index (Phi) is 3.17. The van der Waals surface area contributed by atoms with E-state index in [1.165, 1.54) is 19.5 Å². The average Bonchev–Trinajstić information content (AvgIpc) is 2.62. The fourth-order valence-electron chi connectivity index (χ4n) is 2.32. The third kappa shape index (κ3) is 2.64. The van der Waals surface area contributed by atoms with Crippen molar-refractivity contribution >= 4 is 0 Å². The highest BCUT2D eigenvalue weighted by molar-refractivity contribution is 4.78. The van der Waals surface area contributed by atoms with E-state index in [0.29, 0.717) is 0 Å². The lowest BCUT2D eigenvalue weighted by Gasteiger charge is -2.30. The normalized spacial score (nSPS) is 32.5. The van der Waals surface area contributed by atoms with Gasteiger partial charge in [0.05, 0.1) is 0 Å². The van der Waals surface area contributed by atoms with Gasteiger partial charge in [0.25, 0.3) is 0 Å². The number of alkyl halides is 1. The summed E-state index contributed by atoms with van der Waals surface area (Å²) in [5.74, 6) is 0.816. The lowest BCUT2D eigenvalue weighted by atomic mass is 10.0. The molecule has 2 nitrogen and oxygen atoms in total. The van der Waals surface area contributed by atoms with Crippen molar-refractivity contribution < 1.29 is 4.39 Å². The van der Waals surface area contributed by atoms with Gasteiger partial charge < -0.3 is 10.2 Å². The lowest BCUT2D eigenvalue weighted by Crippen LogP contribution is -2.38. The van der Waals surface area contributed by atoms with Gasteiger partial charge in [-0.15, -0.1) is 0 Å². The average molecular weight is 186 g/mol. The van der Waals surface area contributed by atoms with Crippen molar-refractivity contribution in [3.63, 3.8) is 0 Å². The minimum atomic E-state index is -0.530. The Balaban J connectivity index is 1.69. The third-order valence-electron chi connectivity index (χ3n) is 3.20. The summed E-state index contributed by atoms with van der Waals surface area (Å²) in [6.45, 7) is 5.45. The molecule has 2 fully saturated rings. The number of hydrogen-bond donors (Lipinski definition) is 1. The molecule has 0 aromatic carbocycles. The molecule has 1 unspecified atom stereocenters. The second kappa shape index (κ2) is 4.38. The monoisotopic (exact) mass is 186 g/mol. The summed E-state index contributed by atoms with van der Waals surface area (Å²) in [4.78, 5) is 2.42. The number of nitrogens with zero attached hydrogens (tertiary/aromatic N) is 1. The van der Waals surface area contributed by atoms with Crippen molar-refractivity contribution in [1.29, 1.82) is 0 Å². The molecule has 0 spiro atoms. The molecule has 0 aromatic rings. The Morgan fingerprint density at radius 1 is 1.23 bits per heavy atom. The maximum Gasteiger partial charge on any atom is 0.103 e. The highest BCUT2D eigenvalue weighted by Gasteiger charge is 2.22. The number of halogens is 1. The summed E-state index contributed by atoms with van der Waals surface area (Å²) < 4.78 is 12.8. The van der Waals surface area contributed by atoms with Crippen molar-refractivity contribution in [2.24, 2.45) is 5.92 Å². The van der Waals surface area contributed by atoms with Gasteiger partial charge in [-0.25, -0.2) is 4.39 Å². The van der Waals surface area contributed by atoms with Crippen LogP contribution in [0.3, 0.4) is 0 Å². The second-order valence-corrected chi connectivity index (χ2v) is 4.33. The first-order valence-electron chi connectivity index (χ1n) is 5.42. The summed E-state index contributed by atoms with van der Waals surface area (Å²) in [6.07, 6.45) is 2.27. The van der Waals surface area contributed by atoms with E-state index in [4.69, 9.17) is 0 Å². The van der Waals surface area contributed by atoms with Crippen LogP contribution in [0, 0.1) is 5.92 Å². The van der Waals surface area contributed by atoms with Crippen molar-refractivity contribution in [2.75, 3.05) is 32.7 Å². The topological polar surface area (TPSA) is 15.3 Å². The molecule has 2 aliphatic rings. The molecule has 0 aliphatic carbocycles. The van der Waals surface area contributed by atoms with Crippen LogP contribution in [0.25, 0.3) is 0 Å². The van der Waals surface area contributed by atoms with E-state index in [9.17, 15) is 4.39 Å². The largest absolute Gasteiger partial charge is 0.316 e. The summed E-state index contributed by atoms with van der Waals surface area (Å²) in [6, 6.07) is 0. The standard InChI is InChI=1S/C10H19FN2/c11-10-2-5-13(6-3-10)8-9-1-4-12-7-9/h9-10,12H,1-8H2. The van der Waals surface area contributed by atoms with Crippen LogP contribution in [0.5, 0.6) is 0 Å². The molecule has 76 valence electrons. The van der Waals surface area contributed by atoms with E-state index in [0.717, 1.165) is 38.4 Å².